The normalized spacial score (nSPS) is 11.3. The van der Waals surface area contributed by atoms with Crippen LogP contribution in [0.5, 0.6) is 5.75 Å². The van der Waals surface area contributed by atoms with Gasteiger partial charge < -0.3 is 4.74 Å². The topological polar surface area (TPSA) is 68.5 Å². The molecule has 2 heterocycles. The van der Waals surface area contributed by atoms with E-state index in [2.05, 4.69) is 15.6 Å². The largest absolute Gasteiger partial charge is 0.496 e. The average Bonchev–Trinajstić information content (AvgIpc) is 3.31. The lowest BCUT2D eigenvalue weighted by Gasteiger charge is -2.11. The van der Waals surface area contributed by atoms with Gasteiger partial charge in [-0.2, -0.15) is 10.2 Å². The maximum absolute atomic E-state index is 12.5. The third-order valence-electron chi connectivity index (χ3n) is 4.83. The number of thiophene rings is 1. The van der Waals surface area contributed by atoms with Crippen LogP contribution >= 0.6 is 11.3 Å². The van der Waals surface area contributed by atoms with Crippen LogP contribution in [-0.2, 0) is 6.54 Å². The predicted molar refractivity (Wildman–Crippen MR) is 121 cm³/mol. The van der Waals surface area contributed by atoms with Crippen molar-refractivity contribution in [2.24, 2.45) is 5.10 Å². The Morgan fingerprint density at radius 1 is 1.23 bits per heavy atom. The fraction of sp³-hybridized carbons (Fsp3) is 0.174. The van der Waals surface area contributed by atoms with Gasteiger partial charge in [-0.3, -0.25) is 9.48 Å². The van der Waals surface area contributed by atoms with Gasteiger partial charge in [-0.1, -0.05) is 18.2 Å². The molecule has 30 heavy (non-hydrogen) atoms. The molecule has 2 aromatic carbocycles. The Morgan fingerprint density at radius 2 is 2.07 bits per heavy atom. The monoisotopic (exact) mass is 418 g/mol. The molecule has 4 rings (SSSR count). The molecule has 0 radical (unpaired) electrons. The van der Waals surface area contributed by atoms with Gasteiger partial charge in [0.15, 0.2) is 0 Å². The summed E-state index contributed by atoms with van der Waals surface area (Å²) in [5.41, 5.74) is 7.18. The van der Waals surface area contributed by atoms with Crippen molar-refractivity contribution < 1.29 is 9.53 Å². The van der Waals surface area contributed by atoms with Gasteiger partial charge >= 0.3 is 0 Å². The number of hydrogen-bond donors (Lipinski definition) is 1. The van der Waals surface area contributed by atoms with E-state index in [0.717, 1.165) is 38.4 Å². The fourth-order valence-corrected chi connectivity index (χ4v) is 4.32. The van der Waals surface area contributed by atoms with E-state index in [9.17, 15) is 4.79 Å². The lowest BCUT2D eigenvalue weighted by Crippen LogP contribution is -2.17. The minimum Gasteiger partial charge on any atom is -0.496 e. The van der Waals surface area contributed by atoms with Crippen molar-refractivity contribution in [2.75, 3.05) is 7.11 Å². The summed E-state index contributed by atoms with van der Waals surface area (Å²) in [5.74, 6) is 0.563. The van der Waals surface area contributed by atoms with Crippen molar-refractivity contribution in [3.63, 3.8) is 0 Å². The van der Waals surface area contributed by atoms with E-state index < -0.39 is 0 Å². The number of nitrogens with one attached hydrogen (secondary N) is 1. The SMILES string of the molecule is COc1ccc(/C=N/NC(=O)c2csc3ccccc23)cc1Cn1nc(C)cc1C. The van der Waals surface area contributed by atoms with Crippen molar-refractivity contribution in [1.82, 2.24) is 15.2 Å². The Balaban J connectivity index is 1.50. The molecule has 1 amide bonds. The first-order valence-corrected chi connectivity index (χ1v) is 10.4. The van der Waals surface area contributed by atoms with Crippen LogP contribution in [0, 0.1) is 13.8 Å². The van der Waals surface area contributed by atoms with Crippen molar-refractivity contribution in [3.05, 3.63) is 82.0 Å². The summed E-state index contributed by atoms with van der Waals surface area (Å²) >= 11 is 1.55. The number of methoxy groups -OCH3 is 1. The summed E-state index contributed by atoms with van der Waals surface area (Å²) in [7, 11) is 1.65. The van der Waals surface area contributed by atoms with Crippen LogP contribution in [0.15, 0.2) is 59.0 Å². The Bertz CT molecular complexity index is 1240. The minimum absolute atomic E-state index is 0.222. The molecule has 4 aromatic rings. The number of carbonyl (C=O) groups excluding carboxylic acids is 1. The number of hydrogen-bond acceptors (Lipinski definition) is 5. The van der Waals surface area contributed by atoms with Crippen LogP contribution in [0.4, 0.5) is 0 Å². The minimum atomic E-state index is -0.222. The second-order valence-electron chi connectivity index (χ2n) is 7.00. The number of amides is 1. The second kappa shape index (κ2) is 8.51. The van der Waals surface area contributed by atoms with Crippen molar-refractivity contribution in [1.29, 1.82) is 0 Å². The van der Waals surface area contributed by atoms with E-state index in [1.54, 1.807) is 24.7 Å². The van der Waals surface area contributed by atoms with Crippen LogP contribution in [0.25, 0.3) is 10.1 Å². The fourth-order valence-electron chi connectivity index (χ4n) is 3.38. The summed E-state index contributed by atoms with van der Waals surface area (Å²) in [4.78, 5) is 12.5. The van der Waals surface area contributed by atoms with Crippen molar-refractivity contribution in [3.8, 4) is 5.75 Å². The highest BCUT2D eigenvalue weighted by Gasteiger charge is 2.11. The molecule has 0 unspecified atom stereocenters. The maximum Gasteiger partial charge on any atom is 0.272 e. The number of aromatic nitrogens is 2. The average molecular weight is 419 g/mol. The van der Waals surface area contributed by atoms with Crippen molar-refractivity contribution in [2.45, 2.75) is 20.4 Å². The van der Waals surface area contributed by atoms with Gasteiger partial charge in [0.2, 0.25) is 0 Å². The molecular formula is C23H22N4O2S. The zero-order chi connectivity index (χ0) is 21.1. The van der Waals surface area contributed by atoms with Crippen LogP contribution in [0.3, 0.4) is 0 Å². The maximum atomic E-state index is 12.5. The summed E-state index contributed by atoms with van der Waals surface area (Å²) in [6.45, 7) is 4.60. The Kier molecular flexibility index (Phi) is 5.63. The van der Waals surface area contributed by atoms with E-state index in [0.29, 0.717) is 12.1 Å². The van der Waals surface area contributed by atoms with Crippen molar-refractivity contribution >= 4 is 33.5 Å². The number of ether oxygens (including phenoxy) is 1. The molecule has 0 aliphatic carbocycles. The zero-order valence-electron chi connectivity index (χ0n) is 17.0. The molecular weight excluding hydrogens is 396 g/mol. The van der Waals surface area contributed by atoms with Crippen LogP contribution in [-0.4, -0.2) is 29.0 Å². The number of nitrogens with zero attached hydrogens (tertiary/aromatic N) is 3. The molecule has 7 heteroatoms. The first-order valence-electron chi connectivity index (χ1n) is 9.53. The standard InChI is InChI=1S/C23H22N4O2S/c1-15-10-16(2)27(26-15)13-18-11-17(8-9-21(18)29-3)12-24-25-23(28)20-14-30-22-7-5-4-6-19(20)22/h4-12,14H,13H2,1-3H3,(H,25,28)/b24-12+. The van der Waals surface area contributed by atoms with Crippen LogP contribution < -0.4 is 10.2 Å². The molecule has 152 valence electrons. The Hall–Kier alpha value is -3.45. The predicted octanol–water partition coefficient (Wildman–Crippen LogP) is 4.54. The first-order chi connectivity index (χ1) is 14.5. The van der Waals surface area contributed by atoms with E-state index in [4.69, 9.17) is 4.74 Å². The number of hydrazone groups is 1. The second-order valence-corrected chi connectivity index (χ2v) is 7.91. The molecule has 0 aliphatic rings. The van der Waals surface area contributed by atoms with Gasteiger partial charge in [0, 0.05) is 26.7 Å². The van der Waals surface area contributed by atoms with Gasteiger partial charge in [-0.15, -0.1) is 11.3 Å². The quantitative estimate of drug-likeness (QED) is 0.369. The van der Waals surface area contributed by atoms with Gasteiger partial charge in [0.25, 0.3) is 5.91 Å². The lowest BCUT2D eigenvalue weighted by molar-refractivity contribution is 0.0957. The Labute approximate surface area is 178 Å². The molecule has 0 spiro atoms. The molecule has 1 N–H and O–H groups in total. The van der Waals surface area contributed by atoms with Gasteiger partial charge in [0.1, 0.15) is 5.75 Å². The van der Waals surface area contributed by atoms with Crippen LogP contribution in [0.2, 0.25) is 0 Å². The third kappa shape index (κ3) is 4.11. The molecule has 0 saturated heterocycles. The van der Waals surface area contributed by atoms with E-state index in [1.807, 2.05) is 72.4 Å². The molecule has 0 atom stereocenters. The number of benzene rings is 2. The van der Waals surface area contributed by atoms with E-state index in [-0.39, 0.29) is 5.91 Å². The van der Waals surface area contributed by atoms with E-state index >= 15 is 0 Å². The molecule has 0 fully saturated rings. The summed E-state index contributed by atoms with van der Waals surface area (Å²) in [5, 5.41) is 11.5. The van der Waals surface area contributed by atoms with Crippen LogP contribution in [0.1, 0.15) is 32.9 Å². The highest BCUT2D eigenvalue weighted by atomic mass is 32.1. The Morgan fingerprint density at radius 3 is 2.83 bits per heavy atom. The number of fused-ring (bicyclic) bond motifs is 1. The summed E-state index contributed by atoms with van der Waals surface area (Å²) in [6, 6.07) is 15.7. The molecule has 0 saturated carbocycles. The summed E-state index contributed by atoms with van der Waals surface area (Å²) < 4.78 is 8.52. The van der Waals surface area contributed by atoms with E-state index in [1.165, 1.54) is 0 Å². The van der Waals surface area contributed by atoms with Gasteiger partial charge in [-0.05, 0) is 49.7 Å². The highest BCUT2D eigenvalue weighted by molar-refractivity contribution is 7.17. The number of aryl methyl sites for hydroxylation is 2. The highest BCUT2D eigenvalue weighted by Crippen LogP contribution is 2.25. The number of rotatable bonds is 6. The molecule has 2 aromatic heterocycles. The van der Waals surface area contributed by atoms with Gasteiger partial charge in [0.05, 0.1) is 31.1 Å². The molecule has 0 aliphatic heterocycles. The molecule has 6 nitrogen and oxygen atoms in total. The third-order valence-corrected chi connectivity index (χ3v) is 5.80. The smallest absolute Gasteiger partial charge is 0.272 e. The number of carbonyl (C=O) groups is 1. The molecule has 0 bridgehead atoms. The zero-order valence-corrected chi connectivity index (χ0v) is 17.9. The lowest BCUT2D eigenvalue weighted by atomic mass is 10.1. The van der Waals surface area contributed by atoms with Gasteiger partial charge in [-0.25, -0.2) is 5.43 Å². The first kappa shape index (κ1) is 19.8. The summed E-state index contributed by atoms with van der Waals surface area (Å²) in [6.07, 6.45) is 1.64.